The molecule has 1 unspecified atom stereocenters. The molecule has 1 atom stereocenters. The summed E-state index contributed by atoms with van der Waals surface area (Å²) in [6.07, 6.45) is -1.18. The molecule has 1 heterocycles. The van der Waals surface area contributed by atoms with Crippen LogP contribution < -0.4 is 5.32 Å². The van der Waals surface area contributed by atoms with Crippen molar-refractivity contribution < 1.29 is 28.1 Å². The van der Waals surface area contributed by atoms with Crippen LogP contribution in [0.15, 0.2) is 22.6 Å². The maximum absolute atomic E-state index is 13.3. The van der Waals surface area contributed by atoms with Gasteiger partial charge in [0, 0.05) is 17.3 Å². The molecule has 0 aliphatic rings. The number of ether oxygens (including phenoxy) is 1. The molecule has 1 aromatic carbocycles. The summed E-state index contributed by atoms with van der Waals surface area (Å²) < 4.78 is 23.8. The van der Waals surface area contributed by atoms with E-state index in [2.05, 4.69) is 5.32 Å². The van der Waals surface area contributed by atoms with Gasteiger partial charge in [-0.25, -0.2) is 4.79 Å². The number of carbonyl (C=O) groups excluding carboxylic acids is 2. The van der Waals surface area contributed by atoms with Crippen molar-refractivity contribution in [2.75, 3.05) is 5.32 Å². The fourth-order valence-electron chi connectivity index (χ4n) is 2.34. The zero-order valence-electron chi connectivity index (χ0n) is 14.6. The molecule has 0 aliphatic heterocycles. The average molecular weight is 364 g/mol. The standard InChI is InChI=1S/C17H17FN2O6/c1-8-9(2)25-10(3)15(8)17(22)26-11(4)16(21)19-12-5-6-13(18)14(7-12)20(23)24/h5-7,11H,1-4H3,(H,19,21). The Morgan fingerprint density at radius 1 is 1.27 bits per heavy atom. The highest BCUT2D eigenvalue weighted by Crippen LogP contribution is 2.23. The predicted molar refractivity (Wildman–Crippen MR) is 89.5 cm³/mol. The second kappa shape index (κ2) is 7.34. The number of amides is 1. The first kappa shape index (κ1) is 19.1. The number of furan rings is 1. The number of hydrogen-bond donors (Lipinski definition) is 1. The van der Waals surface area contributed by atoms with Gasteiger partial charge in [-0.1, -0.05) is 0 Å². The molecule has 8 nitrogen and oxygen atoms in total. The van der Waals surface area contributed by atoms with Gasteiger partial charge >= 0.3 is 11.7 Å². The second-order valence-corrected chi connectivity index (χ2v) is 5.67. The van der Waals surface area contributed by atoms with Crippen molar-refractivity contribution in [2.45, 2.75) is 33.8 Å². The SMILES string of the molecule is Cc1oc(C)c(C(=O)OC(C)C(=O)Nc2ccc(F)c([N+](=O)[O-])c2)c1C. The minimum atomic E-state index is -1.18. The maximum Gasteiger partial charge on any atom is 0.342 e. The minimum Gasteiger partial charge on any atom is -0.465 e. The normalized spacial score (nSPS) is 11.7. The van der Waals surface area contributed by atoms with Gasteiger partial charge in [0.2, 0.25) is 5.82 Å². The van der Waals surface area contributed by atoms with Gasteiger partial charge in [-0.3, -0.25) is 14.9 Å². The molecule has 0 radical (unpaired) electrons. The Morgan fingerprint density at radius 3 is 2.46 bits per heavy atom. The molecule has 1 amide bonds. The fraction of sp³-hybridized carbons (Fsp3) is 0.294. The van der Waals surface area contributed by atoms with Crippen molar-refractivity contribution in [3.05, 3.63) is 56.8 Å². The first-order chi connectivity index (χ1) is 12.1. The van der Waals surface area contributed by atoms with E-state index in [9.17, 15) is 24.1 Å². The number of esters is 1. The van der Waals surface area contributed by atoms with Crippen molar-refractivity contribution in [1.29, 1.82) is 0 Å². The number of rotatable bonds is 5. The number of nitro groups is 1. The van der Waals surface area contributed by atoms with E-state index in [1.54, 1.807) is 20.8 Å². The van der Waals surface area contributed by atoms with Gasteiger partial charge in [-0.2, -0.15) is 4.39 Å². The van der Waals surface area contributed by atoms with Crippen molar-refractivity contribution in [3.8, 4) is 0 Å². The van der Waals surface area contributed by atoms with E-state index in [-0.39, 0.29) is 11.3 Å². The van der Waals surface area contributed by atoms with Crippen LogP contribution in [-0.2, 0) is 9.53 Å². The van der Waals surface area contributed by atoms with E-state index < -0.39 is 34.4 Å². The number of halogens is 1. The molecule has 0 fully saturated rings. The molecule has 0 spiro atoms. The Kier molecular flexibility index (Phi) is 5.39. The topological polar surface area (TPSA) is 112 Å². The summed E-state index contributed by atoms with van der Waals surface area (Å²) >= 11 is 0. The van der Waals surface area contributed by atoms with E-state index >= 15 is 0 Å². The van der Waals surface area contributed by atoms with Crippen LogP contribution in [0, 0.1) is 36.7 Å². The molecule has 0 bridgehead atoms. The van der Waals surface area contributed by atoms with Crippen LogP contribution >= 0.6 is 0 Å². The van der Waals surface area contributed by atoms with E-state index in [0.29, 0.717) is 17.1 Å². The van der Waals surface area contributed by atoms with Crippen molar-refractivity contribution >= 4 is 23.3 Å². The van der Waals surface area contributed by atoms with E-state index in [0.717, 1.165) is 12.1 Å². The summed E-state index contributed by atoms with van der Waals surface area (Å²) in [7, 11) is 0. The lowest BCUT2D eigenvalue weighted by Gasteiger charge is -2.13. The number of anilines is 1. The fourth-order valence-corrected chi connectivity index (χ4v) is 2.34. The van der Waals surface area contributed by atoms with Crippen molar-refractivity contribution in [3.63, 3.8) is 0 Å². The van der Waals surface area contributed by atoms with Crippen LogP contribution in [-0.4, -0.2) is 22.9 Å². The molecule has 2 rings (SSSR count). The second-order valence-electron chi connectivity index (χ2n) is 5.67. The van der Waals surface area contributed by atoms with Gasteiger partial charge in [-0.15, -0.1) is 0 Å². The number of carbonyl (C=O) groups is 2. The quantitative estimate of drug-likeness (QED) is 0.494. The molecule has 1 aromatic heterocycles. The minimum absolute atomic E-state index is 0.0116. The Balaban J connectivity index is 2.09. The molecule has 138 valence electrons. The number of hydrogen-bond acceptors (Lipinski definition) is 6. The lowest BCUT2D eigenvalue weighted by molar-refractivity contribution is -0.387. The van der Waals surface area contributed by atoms with Gasteiger partial charge in [0.05, 0.1) is 4.92 Å². The molecule has 0 saturated heterocycles. The van der Waals surface area contributed by atoms with E-state index in [1.807, 2.05) is 0 Å². The highest BCUT2D eigenvalue weighted by Gasteiger charge is 2.25. The summed E-state index contributed by atoms with van der Waals surface area (Å²) in [4.78, 5) is 34.2. The molecular weight excluding hydrogens is 347 g/mol. The number of aryl methyl sites for hydroxylation is 2. The smallest absolute Gasteiger partial charge is 0.342 e. The number of nitrogens with zero attached hydrogens (tertiary/aromatic N) is 1. The summed E-state index contributed by atoms with van der Waals surface area (Å²) in [5.74, 6) is -1.50. The number of nitro benzene ring substituents is 1. The van der Waals surface area contributed by atoms with Crippen LogP contribution in [0.25, 0.3) is 0 Å². The van der Waals surface area contributed by atoms with Gasteiger partial charge in [0.1, 0.15) is 17.1 Å². The third-order valence-electron chi connectivity index (χ3n) is 3.83. The Labute approximate surface area is 148 Å². The molecule has 9 heteroatoms. The molecular formula is C17H17FN2O6. The van der Waals surface area contributed by atoms with Gasteiger partial charge in [0.25, 0.3) is 5.91 Å². The summed E-state index contributed by atoms with van der Waals surface area (Å²) in [5, 5.41) is 13.1. The Morgan fingerprint density at radius 2 is 1.92 bits per heavy atom. The molecule has 0 aliphatic carbocycles. The van der Waals surface area contributed by atoms with E-state index in [1.165, 1.54) is 13.0 Å². The zero-order valence-corrected chi connectivity index (χ0v) is 14.6. The first-order valence-corrected chi connectivity index (χ1v) is 7.64. The van der Waals surface area contributed by atoms with Crippen LogP contribution in [0.2, 0.25) is 0 Å². The largest absolute Gasteiger partial charge is 0.465 e. The highest BCUT2D eigenvalue weighted by atomic mass is 19.1. The predicted octanol–water partition coefficient (Wildman–Crippen LogP) is 3.44. The Bertz CT molecular complexity index is 890. The summed E-state index contributed by atoms with van der Waals surface area (Å²) in [5.41, 5.74) is 0.110. The van der Waals surface area contributed by atoms with Crippen molar-refractivity contribution in [1.82, 2.24) is 0 Å². The van der Waals surface area contributed by atoms with Crippen LogP contribution in [0.4, 0.5) is 15.8 Å². The lowest BCUT2D eigenvalue weighted by Crippen LogP contribution is -2.30. The van der Waals surface area contributed by atoms with E-state index in [4.69, 9.17) is 9.15 Å². The molecule has 0 saturated carbocycles. The molecule has 2 aromatic rings. The first-order valence-electron chi connectivity index (χ1n) is 7.64. The van der Waals surface area contributed by atoms with Crippen LogP contribution in [0.1, 0.15) is 34.4 Å². The third kappa shape index (κ3) is 3.88. The number of nitrogens with one attached hydrogen (secondary N) is 1. The molecule has 26 heavy (non-hydrogen) atoms. The number of benzene rings is 1. The average Bonchev–Trinajstić information content (AvgIpc) is 2.81. The van der Waals surface area contributed by atoms with Crippen LogP contribution in [0.3, 0.4) is 0 Å². The highest BCUT2D eigenvalue weighted by molar-refractivity contribution is 5.98. The third-order valence-corrected chi connectivity index (χ3v) is 3.83. The Hall–Kier alpha value is -3.23. The monoisotopic (exact) mass is 364 g/mol. The van der Waals surface area contributed by atoms with Gasteiger partial charge in [0.15, 0.2) is 6.10 Å². The molecule has 1 N–H and O–H groups in total. The zero-order chi connectivity index (χ0) is 19.6. The maximum atomic E-state index is 13.3. The van der Waals surface area contributed by atoms with Crippen molar-refractivity contribution in [2.24, 2.45) is 0 Å². The van der Waals surface area contributed by atoms with Gasteiger partial charge < -0.3 is 14.5 Å². The van der Waals surface area contributed by atoms with Crippen LogP contribution in [0.5, 0.6) is 0 Å². The summed E-state index contributed by atoms with van der Waals surface area (Å²) in [6.45, 7) is 6.36. The van der Waals surface area contributed by atoms with Gasteiger partial charge in [-0.05, 0) is 39.8 Å². The lowest BCUT2D eigenvalue weighted by atomic mass is 10.1. The summed E-state index contributed by atoms with van der Waals surface area (Å²) in [6, 6.07) is 2.92.